The molecule has 3 heterocycles. The van der Waals surface area contributed by atoms with Gasteiger partial charge < -0.3 is 9.80 Å². The van der Waals surface area contributed by atoms with Crippen molar-refractivity contribution in [1.82, 2.24) is 9.88 Å². The quantitative estimate of drug-likeness (QED) is 0.841. The van der Waals surface area contributed by atoms with E-state index in [1.807, 2.05) is 15.9 Å². The number of anilines is 1. The van der Waals surface area contributed by atoms with E-state index in [0.29, 0.717) is 25.5 Å². The summed E-state index contributed by atoms with van der Waals surface area (Å²) in [5, 5.41) is 0. The molecule has 0 bridgehead atoms. The number of likely N-dealkylation sites (tertiary alicyclic amines) is 1. The Balaban J connectivity index is 1.66. The van der Waals surface area contributed by atoms with Crippen LogP contribution in [0, 0.1) is 23.5 Å². The maximum Gasteiger partial charge on any atom is 0.219 e. The highest BCUT2D eigenvalue weighted by Gasteiger charge is 2.49. The molecular weight excluding hydrogens is 324 g/mol. The summed E-state index contributed by atoms with van der Waals surface area (Å²) < 4.78 is 27.8. The summed E-state index contributed by atoms with van der Waals surface area (Å²) >= 11 is 0. The van der Waals surface area contributed by atoms with E-state index in [9.17, 15) is 13.6 Å². The number of hydrogen-bond acceptors (Lipinski definition) is 3. The number of halogens is 2. The Morgan fingerprint density at radius 3 is 2.72 bits per heavy atom. The van der Waals surface area contributed by atoms with Crippen LogP contribution in [0.2, 0.25) is 0 Å². The van der Waals surface area contributed by atoms with Gasteiger partial charge >= 0.3 is 0 Å². The van der Waals surface area contributed by atoms with E-state index in [0.717, 1.165) is 5.56 Å². The van der Waals surface area contributed by atoms with Gasteiger partial charge in [-0.3, -0.25) is 4.79 Å². The summed E-state index contributed by atoms with van der Waals surface area (Å²) in [4.78, 5) is 20.0. The smallest absolute Gasteiger partial charge is 0.219 e. The second-order valence-electron chi connectivity index (χ2n) is 6.81. The van der Waals surface area contributed by atoms with E-state index in [4.69, 9.17) is 0 Å². The van der Waals surface area contributed by atoms with Crippen LogP contribution in [-0.4, -0.2) is 35.4 Å². The molecule has 1 amide bonds. The second kappa shape index (κ2) is 6.10. The molecule has 1 aromatic heterocycles. The van der Waals surface area contributed by atoms with E-state index in [2.05, 4.69) is 4.98 Å². The van der Waals surface area contributed by atoms with Crippen LogP contribution in [0.25, 0.3) is 0 Å². The van der Waals surface area contributed by atoms with Gasteiger partial charge in [-0.05, 0) is 29.8 Å². The van der Waals surface area contributed by atoms with Gasteiger partial charge in [0.2, 0.25) is 5.91 Å². The maximum absolute atomic E-state index is 14.1. The molecule has 2 aliphatic heterocycles. The van der Waals surface area contributed by atoms with Gasteiger partial charge in [0.15, 0.2) is 11.6 Å². The summed E-state index contributed by atoms with van der Waals surface area (Å²) in [7, 11) is 0. The highest BCUT2D eigenvalue weighted by molar-refractivity contribution is 5.74. The van der Waals surface area contributed by atoms with E-state index in [1.165, 1.54) is 18.2 Å². The zero-order valence-corrected chi connectivity index (χ0v) is 13.9. The molecule has 4 rings (SSSR count). The molecule has 4 nitrogen and oxygen atoms in total. The van der Waals surface area contributed by atoms with Gasteiger partial charge in [0.05, 0.1) is 6.04 Å². The highest BCUT2D eigenvalue weighted by atomic mass is 19.1. The Hall–Kier alpha value is -2.50. The number of amides is 1. The lowest BCUT2D eigenvalue weighted by Gasteiger charge is -2.29. The molecule has 130 valence electrons. The summed E-state index contributed by atoms with van der Waals surface area (Å²) in [6.07, 6.45) is 1.58. The molecule has 0 N–H and O–H groups in total. The van der Waals surface area contributed by atoms with Gasteiger partial charge in [0, 0.05) is 44.6 Å². The van der Waals surface area contributed by atoms with Crippen LogP contribution < -0.4 is 4.90 Å². The normalized spacial score (nSPS) is 25.3. The van der Waals surface area contributed by atoms with Crippen molar-refractivity contribution >= 4 is 11.7 Å². The van der Waals surface area contributed by atoms with Crippen molar-refractivity contribution in [2.75, 3.05) is 24.5 Å². The van der Waals surface area contributed by atoms with Gasteiger partial charge in [-0.2, -0.15) is 0 Å². The lowest BCUT2D eigenvalue weighted by Crippen LogP contribution is -2.34. The number of rotatable bonds is 2. The van der Waals surface area contributed by atoms with Crippen LogP contribution >= 0.6 is 0 Å². The number of hydrogen-bond donors (Lipinski definition) is 0. The predicted molar refractivity (Wildman–Crippen MR) is 89.9 cm³/mol. The van der Waals surface area contributed by atoms with Crippen LogP contribution in [0.5, 0.6) is 0 Å². The van der Waals surface area contributed by atoms with Crippen molar-refractivity contribution in [3.8, 4) is 0 Å². The van der Waals surface area contributed by atoms with Crippen molar-refractivity contribution in [1.29, 1.82) is 0 Å². The minimum absolute atomic E-state index is 0.0146. The van der Waals surface area contributed by atoms with Gasteiger partial charge in [0.1, 0.15) is 5.82 Å². The van der Waals surface area contributed by atoms with Crippen molar-refractivity contribution in [3.63, 3.8) is 0 Å². The molecule has 0 radical (unpaired) electrons. The zero-order valence-electron chi connectivity index (χ0n) is 13.9. The molecule has 6 heteroatoms. The molecule has 0 unspecified atom stereocenters. The first-order valence-corrected chi connectivity index (χ1v) is 8.42. The number of carbonyl (C=O) groups is 1. The zero-order chi connectivity index (χ0) is 17.6. The van der Waals surface area contributed by atoms with Crippen LogP contribution in [0.1, 0.15) is 18.5 Å². The van der Waals surface area contributed by atoms with Crippen molar-refractivity contribution in [2.24, 2.45) is 11.8 Å². The van der Waals surface area contributed by atoms with E-state index >= 15 is 0 Å². The third-order valence-electron chi connectivity index (χ3n) is 5.30. The molecule has 0 aliphatic carbocycles. The first-order valence-electron chi connectivity index (χ1n) is 8.42. The highest BCUT2D eigenvalue weighted by Crippen LogP contribution is 2.46. The second-order valence-corrected chi connectivity index (χ2v) is 6.81. The third kappa shape index (κ3) is 2.75. The molecule has 2 aliphatic rings. The van der Waals surface area contributed by atoms with Crippen LogP contribution in [0.3, 0.4) is 0 Å². The Morgan fingerprint density at radius 2 is 2.00 bits per heavy atom. The van der Waals surface area contributed by atoms with Crippen molar-refractivity contribution in [3.05, 3.63) is 59.8 Å². The molecule has 1 aromatic carbocycles. The average molecular weight is 343 g/mol. The van der Waals surface area contributed by atoms with E-state index in [-0.39, 0.29) is 35.4 Å². The number of nitrogens with zero attached hydrogens (tertiary/aromatic N) is 3. The number of aromatic nitrogens is 1. The summed E-state index contributed by atoms with van der Waals surface area (Å²) in [6.45, 7) is 3.40. The van der Waals surface area contributed by atoms with Crippen LogP contribution in [0.15, 0.2) is 42.6 Å². The monoisotopic (exact) mass is 343 g/mol. The molecule has 0 spiro atoms. The van der Waals surface area contributed by atoms with Gasteiger partial charge in [-0.15, -0.1) is 0 Å². The maximum atomic E-state index is 14.1. The lowest BCUT2D eigenvalue weighted by atomic mass is 9.89. The standard InChI is InChI=1S/C19H19F2N3O/c1-12(25)24-10-14-9-23(19-17(21)6-3-7-22-19)11-16(14)18(24)13-4-2-5-15(20)8-13/h2-8,14,16,18H,9-11H2,1H3/t14-,16-,18-/m1/s1. The lowest BCUT2D eigenvalue weighted by molar-refractivity contribution is -0.130. The molecule has 2 aromatic rings. The first kappa shape index (κ1) is 16.0. The third-order valence-corrected chi connectivity index (χ3v) is 5.30. The van der Waals surface area contributed by atoms with E-state index in [1.54, 1.807) is 25.3 Å². The predicted octanol–water partition coefficient (Wildman–Crippen LogP) is 3.02. The topological polar surface area (TPSA) is 36.4 Å². The van der Waals surface area contributed by atoms with Gasteiger partial charge in [0.25, 0.3) is 0 Å². The van der Waals surface area contributed by atoms with Gasteiger partial charge in [-0.25, -0.2) is 13.8 Å². The molecule has 0 saturated carbocycles. The fraction of sp³-hybridized carbons (Fsp3) is 0.368. The van der Waals surface area contributed by atoms with Gasteiger partial charge in [-0.1, -0.05) is 12.1 Å². The van der Waals surface area contributed by atoms with Crippen molar-refractivity contribution < 1.29 is 13.6 Å². The largest absolute Gasteiger partial charge is 0.353 e. The summed E-state index contributed by atoms with van der Waals surface area (Å²) in [6, 6.07) is 9.21. The Labute approximate surface area is 145 Å². The number of carbonyl (C=O) groups excluding carboxylic acids is 1. The number of pyridine rings is 1. The summed E-state index contributed by atoms with van der Waals surface area (Å²) in [5.41, 5.74) is 0.797. The molecular formula is C19H19F2N3O. The average Bonchev–Trinajstić information content (AvgIpc) is 3.12. The SMILES string of the molecule is CC(=O)N1C[C@H]2CN(c3ncccc3F)C[C@H]2[C@H]1c1cccc(F)c1. The Kier molecular flexibility index (Phi) is 3.90. The van der Waals surface area contributed by atoms with E-state index < -0.39 is 0 Å². The molecule has 3 atom stereocenters. The Morgan fingerprint density at radius 1 is 1.16 bits per heavy atom. The summed E-state index contributed by atoms with van der Waals surface area (Å²) in [5.74, 6) is 0.0393. The van der Waals surface area contributed by atoms with Crippen LogP contribution in [-0.2, 0) is 4.79 Å². The minimum Gasteiger partial charge on any atom is -0.353 e. The molecule has 25 heavy (non-hydrogen) atoms. The molecule has 2 fully saturated rings. The molecule has 2 saturated heterocycles. The fourth-order valence-corrected chi connectivity index (χ4v) is 4.27. The fourth-order valence-electron chi connectivity index (χ4n) is 4.27. The van der Waals surface area contributed by atoms with Crippen molar-refractivity contribution in [2.45, 2.75) is 13.0 Å². The number of fused-ring (bicyclic) bond motifs is 1. The first-order chi connectivity index (χ1) is 12.0. The Bertz CT molecular complexity index is 813. The minimum atomic E-state index is -0.340. The van der Waals surface area contributed by atoms with Crippen LogP contribution in [0.4, 0.5) is 14.6 Å². The number of benzene rings is 1.